The van der Waals surface area contributed by atoms with Crippen LogP contribution in [-0.4, -0.2) is 51.9 Å². The molecule has 0 atom stereocenters. The molecule has 0 saturated carbocycles. The van der Waals surface area contributed by atoms with Gasteiger partial charge in [0.15, 0.2) is 0 Å². The van der Waals surface area contributed by atoms with E-state index in [9.17, 15) is 4.79 Å². The number of nitrogens with one attached hydrogen (secondary N) is 1. The number of carbonyl (C=O) groups excluding carboxylic acids is 1. The number of aromatic nitrogens is 3. The van der Waals surface area contributed by atoms with Gasteiger partial charge in [-0.15, -0.1) is 0 Å². The van der Waals surface area contributed by atoms with Crippen LogP contribution in [0.4, 0.5) is 17.5 Å². The van der Waals surface area contributed by atoms with Gasteiger partial charge in [0, 0.05) is 50.5 Å². The average molecular weight is 385 g/mol. The van der Waals surface area contributed by atoms with Gasteiger partial charge >= 0.3 is 0 Å². The van der Waals surface area contributed by atoms with E-state index in [-0.39, 0.29) is 5.91 Å². The summed E-state index contributed by atoms with van der Waals surface area (Å²) in [6.45, 7) is 2.62. The molecule has 29 heavy (non-hydrogen) atoms. The highest BCUT2D eigenvalue weighted by molar-refractivity contribution is 5.94. The zero-order valence-corrected chi connectivity index (χ0v) is 15.7. The fourth-order valence-electron chi connectivity index (χ4n) is 3.12. The Morgan fingerprint density at radius 1 is 0.966 bits per heavy atom. The van der Waals surface area contributed by atoms with Crippen LogP contribution in [0.5, 0.6) is 0 Å². The molecule has 0 unspecified atom stereocenters. The van der Waals surface area contributed by atoms with Gasteiger partial charge in [0.1, 0.15) is 5.82 Å². The third-order valence-electron chi connectivity index (χ3n) is 4.70. The van der Waals surface area contributed by atoms with Crippen LogP contribution in [0.15, 0.2) is 61.1 Å². The van der Waals surface area contributed by atoms with Gasteiger partial charge in [-0.05, 0) is 42.5 Å². The number of hydrogen-bond acceptors (Lipinski definition) is 7. The molecule has 8 nitrogen and oxygen atoms in total. The Bertz CT molecular complexity index is 1010. The van der Waals surface area contributed by atoms with Crippen LogP contribution in [0, 0.1) is 11.3 Å². The van der Waals surface area contributed by atoms with E-state index in [1.54, 1.807) is 48.9 Å². The molecule has 1 saturated heterocycles. The number of piperazine rings is 1. The van der Waals surface area contributed by atoms with Crippen LogP contribution in [0.1, 0.15) is 15.9 Å². The van der Waals surface area contributed by atoms with Gasteiger partial charge in [-0.25, -0.2) is 15.0 Å². The molecule has 0 spiro atoms. The van der Waals surface area contributed by atoms with Crippen molar-refractivity contribution < 1.29 is 4.79 Å². The Morgan fingerprint density at radius 3 is 2.31 bits per heavy atom. The normalized spacial score (nSPS) is 13.6. The van der Waals surface area contributed by atoms with E-state index in [1.807, 2.05) is 17.0 Å². The maximum atomic E-state index is 12.8. The number of nitrogens with zero attached hydrogens (tertiary/aromatic N) is 6. The van der Waals surface area contributed by atoms with E-state index in [1.165, 1.54) is 0 Å². The summed E-state index contributed by atoms with van der Waals surface area (Å²) in [6.07, 6.45) is 5.03. The van der Waals surface area contributed by atoms with Gasteiger partial charge in [-0.3, -0.25) is 4.79 Å². The molecule has 1 amide bonds. The molecule has 1 aromatic carbocycles. The number of benzene rings is 1. The van der Waals surface area contributed by atoms with E-state index in [0.717, 1.165) is 5.69 Å². The highest BCUT2D eigenvalue weighted by Gasteiger charge is 2.23. The van der Waals surface area contributed by atoms with Gasteiger partial charge in [0.2, 0.25) is 5.95 Å². The summed E-state index contributed by atoms with van der Waals surface area (Å²) in [4.78, 5) is 29.5. The molecular formula is C21H19N7O. The standard InChI is InChI=1S/C21H19N7O/c22-14-16-2-5-18(6-3-16)26-19-7-4-17(15-25-19)20(29)27-10-12-28(13-11-27)21-23-8-1-9-24-21/h1-9,15H,10-13H2,(H,25,26). The first-order valence-electron chi connectivity index (χ1n) is 9.27. The molecule has 3 heterocycles. The van der Waals surface area contributed by atoms with Gasteiger partial charge in [-0.1, -0.05) is 0 Å². The Balaban J connectivity index is 1.35. The highest BCUT2D eigenvalue weighted by atomic mass is 16.2. The first kappa shape index (κ1) is 18.4. The van der Waals surface area contributed by atoms with Crippen molar-refractivity contribution in [2.75, 3.05) is 36.4 Å². The summed E-state index contributed by atoms with van der Waals surface area (Å²) in [6, 6.07) is 14.5. The number of pyridine rings is 1. The van der Waals surface area contributed by atoms with Crippen molar-refractivity contribution in [3.8, 4) is 6.07 Å². The predicted molar refractivity (Wildman–Crippen MR) is 109 cm³/mol. The first-order valence-corrected chi connectivity index (χ1v) is 9.27. The Morgan fingerprint density at radius 2 is 1.69 bits per heavy atom. The van der Waals surface area contributed by atoms with Crippen molar-refractivity contribution in [1.29, 1.82) is 5.26 Å². The quantitative estimate of drug-likeness (QED) is 0.736. The maximum absolute atomic E-state index is 12.8. The maximum Gasteiger partial charge on any atom is 0.255 e. The second-order valence-corrected chi connectivity index (χ2v) is 6.57. The topological polar surface area (TPSA) is 98.0 Å². The Hall–Kier alpha value is -3.99. The number of hydrogen-bond donors (Lipinski definition) is 1. The molecule has 8 heteroatoms. The molecule has 0 aliphatic carbocycles. The third-order valence-corrected chi connectivity index (χ3v) is 4.70. The Kier molecular flexibility index (Phi) is 5.29. The van der Waals surface area contributed by atoms with Crippen molar-refractivity contribution in [3.05, 3.63) is 72.2 Å². The lowest BCUT2D eigenvalue weighted by Crippen LogP contribution is -2.49. The lowest BCUT2D eigenvalue weighted by atomic mass is 10.2. The van der Waals surface area contributed by atoms with Crippen LogP contribution in [0.3, 0.4) is 0 Å². The number of amides is 1. The molecule has 1 aliphatic rings. The third kappa shape index (κ3) is 4.30. The molecule has 1 fully saturated rings. The molecule has 3 aromatic rings. The van der Waals surface area contributed by atoms with Crippen LogP contribution >= 0.6 is 0 Å². The largest absolute Gasteiger partial charge is 0.340 e. The smallest absolute Gasteiger partial charge is 0.255 e. The second-order valence-electron chi connectivity index (χ2n) is 6.57. The summed E-state index contributed by atoms with van der Waals surface area (Å²) >= 11 is 0. The zero-order valence-electron chi connectivity index (χ0n) is 15.7. The van der Waals surface area contributed by atoms with Crippen LogP contribution < -0.4 is 10.2 Å². The summed E-state index contributed by atoms with van der Waals surface area (Å²) in [5.41, 5.74) is 1.98. The van der Waals surface area contributed by atoms with Crippen LogP contribution in [-0.2, 0) is 0 Å². The van der Waals surface area contributed by atoms with Gasteiger partial charge < -0.3 is 15.1 Å². The fourth-order valence-corrected chi connectivity index (χ4v) is 3.12. The average Bonchev–Trinajstić information content (AvgIpc) is 2.80. The fraction of sp³-hybridized carbons (Fsp3) is 0.190. The predicted octanol–water partition coefficient (Wildman–Crippen LogP) is 2.45. The minimum Gasteiger partial charge on any atom is -0.340 e. The van der Waals surface area contributed by atoms with E-state index in [2.05, 4.69) is 31.2 Å². The number of nitriles is 1. The molecular weight excluding hydrogens is 366 g/mol. The van der Waals surface area contributed by atoms with Gasteiger partial charge in [0.25, 0.3) is 5.91 Å². The van der Waals surface area contributed by atoms with Crippen molar-refractivity contribution in [2.45, 2.75) is 0 Å². The van der Waals surface area contributed by atoms with E-state index >= 15 is 0 Å². The minimum atomic E-state index is -0.0314. The summed E-state index contributed by atoms with van der Waals surface area (Å²) in [5, 5.41) is 12.0. The molecule has 0 radical (unpaired) electrons. The van der Waals surface area contributed by atoms with E-state index < -0.39 is 0 Å². The lowest BCUT2D eigenvalue weighted by Gasteiger charge is -2.34. The van der Waals surface area contributed by atoms with E-state index in [0.29, 0.717) is 49.1 Å². The highest BCUT2D eigenvalue weighted by Crippen LogP contribution is 2.17. The molecule has 1 aliphatic heterocycles. The Labute approximate surface area is 168 Å². The van der Waals surface area contributed by atoms with E-state index in [4.69, 9.17) is 5.26 Å². The van der Waals surface area contributed by atoms with Gasteiger partial charge in [-0.2, -0.15) is 5.26 Å². The van der Waals surface area contributed by atoms with Crippen molar-refractivity contribution in [3.63, 3.8) is 0 Å². The zero-order chi connectivity index (χ0) is 20.1. The second kappa shape index (κ2) is 8.35. The minimum absolute atomic E-state index is 0.0314. The molecule has 0 bridgehead atoms. The first-order chi connectivity index (χ1) is 14.2. The summed E-state index contributed by atoms with van der Waals surface area (Å²) in [5.74, 6) is 1.30. The van der Waals surface area contributed by atoms with Crippen molar-refractivity contribution in [1.82, 2.24) is 19.9 Å². The van der Waals surface area contributed by atoms with Gasteiger partial charge in [0.05, 0.1) is 17.2 Å². The molecule has 4 rings (SSSR count). The monoisotopic (exact) mass is 385 g/mol. The van der Waals surface area contributed by atoms with Crippen LogP contribution in [0.2, 0.25) is 0 Å². The van der Waals surface area contributed by atoms with Crippen molar-refractivity contribution in [2.24, 2.45) is 0 Å². The number of carbonyl (C=O) groups is 1. The van der Waals surface area contributed by atoms with Crippen molar-refractivity contribution >= 4 is 23.4 Å². The lowest BCUT2D eigenvalue weighted by molar-refractivity contribution is 0.0746. The summed E-state index contributed by atoms with van der Waals surface area (Å²) in [7, 11) is 0. The molecule has 2 aromatic heterocycles. The number of rotatable bonds is 4. The SMILES string of the molecule is N#Cc1ccc(Nc2ccc(C(=O)N3CCN(c4ncccn4)CC3)cn2)cc1. The summed E-state index contributed by atoms with van der Waals surface area (Å²) < 4.78 is 0. The number of anilines is 3. The molecule has 1 N–H and O–H groups in total. The molecule has 144 valence electrons. The van der Waals surface area contributed by atoms with Crippen LogP contribution in [0.25, 0.3) is 0 Å².